The second kappa shape index (κ2) is 6.54. The number of aromatic nitrogens is 2. The number of rotatable bonds is 4. The highest BCUT2D eigenvalue weighted by Crippen LogP contribution is 2.32. The highest BCUT2D eigenvalue weighted by atomic mass is 19.1. The van der Waals surface area contributed by atoms with E-state index in [1.165, 1.54) is 12.1 Å². The molecule has 2 heterocycles. The molecule has 4 nitrogen and oxygen atoms in total. The zero-order chi connectivity index (χ0) is 17.4. The van der Waals surface area contributed by atoms with Crippen LogP contribution in [0.4, 0.5) is 18.9 Å². The second-order valence-corrected chi connectivity index (χ2v) is 6.33. The van der Waals surface area contributed by atoms with Crippen LogP contribution in [0.5, 0.6) is 5.88 Å². The van der Waals surface area contributed by atoms with Gasteiger partial charge in [0, 0.05) is 18.7 Å². The minimum Gasteiger partial charge on any atom is -0.472 e. The van der Waals surface area contributed by atoms with Crippen molar-refractivity contribution in [3.05, 3.63) is 42.2 Å². The summed E-state index contributed by atoms with van der Waals surface area (Å²) in [7, 11) is 0. The summed E-state index contributed by atoms with van der Waals surface area (Å²) in [6, 6.07) is 2.36. The van der Waals surface area contributed by atoms with E-state index in [4.69, 9.17) is 4.74 Å². The molecule has 0 unspecified atom stereocenters. The van der Waals surface area contributed by atoms with E-state index in [1.807, 2.05) is 6.42 Å². The highest BCUT2D eigenvalue weighted by molar-refractivity contribution is 5.62. The van der Waals surface area contributed by atoms with E-state index in [-0.39, 0.29) is 29.1 Å². The van der Waals surface area contributed by atoms with Gasteiger partial charge in [0.15, 0.2) is 5.82 Å². The second-order valence-electron chi connectivity index (χ2n) is 6.33. The minimum absolute atomic E-state index is 0.0352. The van der Waals surface area contributed by atoms with E-state index in [0.29, 0.717) is 13.1 Å². The molecule has 131 valence electrons. The lowest BCUT2D eigenvalue weighted by atomic mass is 9.96. The Morgan fingerprint density at radius 3 is 2.44 bits per heavy atom. The van der Waals surface area contributed by atoms with Gasteiger partial charge in [-0.15, -0.1) is 0 Å². The van der Waals surface area contributed by atoms with E-state index < -0.39 is 17.5 Å². The van der Waals surface area contributed by atoms with E-state index in [0.717, 1.165) is 31.9 Å². The predicted molar refractivity (Wildman–Crippen MR) is 86.7 cm³/mol. The van der Waals surface area contributed by atoms with Crippen molar-refractivity contribution in [3.63, 3.8) is 0 Å². The molecule has 0 spiro atoms. The third-order valence-electron chi connectivity index (χ3n) is 4.59. The fourth-order valence-corrected chi connectivity index (χ4v) is 3.01. The summed E-state index contributed by atoms with van der Waals surface area (Å²) in [5, 5.41) is 0. The average Bonchev–Trinajstić information content (AvgIpc) is 3.05. The van der Waals surface area contributed by atoms with Crippen molar-refractivity contribution in [2.45, 2.75) is 31.8 Å². The first-order valence-electron chi connectivity index (χ1n) is 8.37. The number of hydrogen-bond acceptors (Lipinski definition) is 4. The molecule has 1 aromatic heterocycles. The lowest BCUT2D eigenvalue weighted by molar-refractivity contribution is 0.109. The molecule has 0 amide bonds. The largest absolute Gasteiger partial charge is 0.472 e. The zero-order valence-corrected chi connectivity index (χ0v) is 13.5. The lowest BCUT2D eigenvalue weighted by Crippen LogP contribution is -2.25. The molecule has 0 atom stereocenters. The molecule has 1 aliphatic carbocycles. The Balaban J connectivity index is 1.66. The Labute approximate surface area is 143 Å². The molecular weight excluding hydrogens is 331 g/mol. The summed E-state index contributed by atoms with van der Waals surface area (Å²) < 4.78 is 48.2. The molecule has 2 aromatic rings. The van der Waals surface area contributed by atoms with Gasteiger partial charge in [0.2, 0.25) is 5.82 Å². The molecule has 2 aliphatic rings. The molecule has 1 saturated heterocycles. The maximum absolute atomic E-state index is 14.4. The highest BCUT2D eigenvalue weighted by Gasteiger charge is 2.24. The number of halogens is 3. The molecular formula is C18H17F3N3O. The van der Waals surface area contributed by atoms with Crippen molar-refractivity contribution in [2.24, 2.45) is 0 Å². The topological polar surface area (TPSA) is 38.2 Å². The normalized spacial score (nSPS) is 17.6. The number of ether oxygens (including phenoxy) is 1. The summed E-state index contributed by atoms with van der Waals surface area (Å²) in [5.41, 5.74) is 0.103. The van der Waals surface area contributed by atoms with Crippen molar-refractivity contribution < 1.29 is 17.9 Å². The number of hydrogen-bond donors (Lipinski definition) is 0. The van der Waals surface area contributed by atoms with E-state index in [2.05, 4.69) is 9.97 Å². The Kier molecular flexibility index (Phi) is 4.23. The summed E-state index contributed by atoms with van der Waals surface area (Å²) >= 11 is 0. The molecule has 1 radical (unpaired) electrons. The van der Waals surface area contributed by atoms with E-state index in [1.54, 1.807) is 4.90 Å². The van der Waals surface area contributed by atoms with Gasteiger partial charge in [-0.25, -0.2) is 13.8 Å². The van der Waals surface area contributed by atoms with Crippen LogP contribution in [0.1, 0.15) is 25.7 Å². The van der Waals surface area contributed by atoms with Gasteiger partial charge >= 0.3 is 0 Å². The molecule has 1 aromatic carbocycles. The Hall–Kier alpha value is -2.31. The smallest absolute Gasteiger partial charge is 0.254 e. The van der Waals surface area contributed by atoms with Crippen LogP contribution in [0.15, 0.2) is 18.3 Å². The SMILES string of the molecule is Fc1cnc(-c2cc(F)c(N3C[CH]CC3)c(F)c2)nc1OC1CCC1. The maximum Gasteiger partial charge on any atom is 0.254 e. The Morgan fingerprint density at radius 1 is 1.08 bits per heavy atom. The van der Waals surface area contributed by atoms with E-state index in [9.17, 15) is 13.2 Å². The van der Waals surface area contributed by atoms with Crippen molar-refractivity contribution >= 4 is 5.69 Å². The Bertz CT molecular complexity index is 766. The van der Waals surface area contributed by atoms with Gasteiger partial charge < -0.3 is 9.64 Å². The molecule has 2 fully saturated rings. The monoisotopic (exact) mass is 348 g/mol. The third-order valence-corrected chi connectivity index (χ3v) is 4.59. The minimum atomic E-state index is -0.681. The molecule has 0 N–H and O–H groups in total. The van der Waals surface area contributed by atoms with Gasteiger partial charge in [-0.05, 0) is 44.2 Å². The van der Waals surface area contributed by atoms with Crippen LogP contribution in [0, 0.1) is 23.9 Å². The molecule has 1 saturated carbocycles. The van der Waals surface area contributed by atoms with Gasteiger partial charge in [-0.3, -0.25) is 0 Å². The van der Waals surface area contributed by atoms with Gasteiger partial charge in [0.05, 0.1) is 6.20 Å². The van der Waals surface area contributed by atoms with Crippen molar-refractivity contribution in [1.82, 2.24) is 9.97 Å². The van der Waals surface area contributed by atoms with Crippen molar-refractivity contribution in [1.29, 1.82) is 0 Å². The standard InChI is InChI=1S/C18H17F3N3O/c19-13-8-11(9-14(20)16(13)24-6-1-2-7-24)17-22-10-15(21)18(23-17)25-12-4-3-5-12/h1,8-10,12H,2-7H2. The molecule has 1 aliphatic heterocycles. The van der Waals surface area contributed by atoms with Crippen molar-refractivity contribution in [2.75, 3.05) is 18.0 Å². The Morgan fingerprint density at radius 2 is 1.84 bits per heavy atom. The summed E-state index contributed by atoms with van der Waals surface area (Å²) in [6.07, 6.45) is 6.42. The van der Waals surface area contributed by atoms with Crippen LogP contribution in [-0.4, -0.2) is 29.2 Å². The lowest BCUT2D eigenvalue weighted by Gasteiger charge is -2.25. The fraction of sp³-hybridized carbons (Fsp3) is 0.389. The first kappa shape index (κ1) is 16.2. The summed E-state index contributed by atoms with van der Waals surface area (Å²) in [5.74, 6) is -2.18. The molecule has 7 heteroatoms. The van der Waals surface area contributed by atoms with Gasteiger partial charge in [0.25, 0.3) is 5.88 Å². The van der Waals surface area contributed by atoms with Gasteiger partial charge in [-0.1, -0.05) is 0 Å². The van der Waals surface area contributed by atoms with Crippen LogP contribution >= 0.6 is 0 Å². The van der Waals surface area contributed by atoms with Crippen LogP contribution in [0.3, 0.4) is 0 Å². The number of benzene rings is 1. The first-order chi connectivity index (χ1) is 12.1. The van der Waals surface area contributed by atoms with Crippen LogP contribution in [-0.2, 0) is 0 Å². The third kappa shape index (κ3) is 3.15. The molecule has 25 heavy (non-hydrogen) atoms. The summed E-state index contributed by atoms with van der Waals surface area (Å²) in [4.78, 5) is 9.51. The van der Waals surface area contributed by atoms with Crippen LogP contribution in [0.2, 0.25) is 0 Å². The van der Waals surface area contributed by atoms with Gasteiger partial charge in [0.1, 0.15) is 23.4 Å². The zero-order valence-electron chi connectivity index (χ0n) is 13.5. The quantitative estimate of drug-likeness (QED) is 0.840. The average molecular weight is 348 g/mol. The molecule has 0 bridgehead atoms. The van der Waals surface area contributed by atoms with Crippen LogP contribution < -0.4 is 9.64 Å². The maximum atomic E-state index is 14.4. The van der Waals surface area contributed by atoms with Crippen LogP contribution in [0.25, 0.3) is 11.4 Å². The van der Waals surface area contributed by atoms with Gasteiger partial charge in [-0.2, -0.15) is 9.37 Å². The summed E-state index contributed by atoms with van der Waals surface area (Å²) in [6.45, 7) is 1.10. The molecule has 4 rings (SSSR count). The first-order valence-corrected chi connectivity index (χ1v) is 8.37. The van der Waals surface area contributed by atoms with E-state index >= 15 is 0 Å². The predicted octanol–water partition coefficient (Wildman–Crippen LogP) is 3.91. The van der Waals surface area contributed by atoms with Crippen molar-refractivity contribution in [3.8, 4) is 17.3 Å². The fourth-order valence-electron chi connectivity index (χ4n) is 3.01. The number of nitrogens with zero attached hydrogens (tertiary/aromatic N) is 3. The number of anilines is 1.